The van der Waals surface area contributed by atoms with Crippen molar-refractivity contribution in [3.8, 4) is 0 Å². The van der Waals surface area contributed by atoms with Gasteiger partial charge in [-0.15, -0.1) is 0 Å². The molecule has 0 spiro atoms. The molecule has 0 aromatic heterocycles. The summed E-state index contributed by atoms with van der Waals surface area (Å²) in [4.78, 5) is 2.55. The molecular weight excluding hydrogens is 440 g/mol. The Balaban J connectivity index is 2.44. The Morgan fingerprint density at radius 1 is 0.500 bits per heavy atom. The highest BCUT2D eigenvalue weighted by atomic mass is 79.9. The standard InChI is InChI=1S/C10H16Br4/c11-7-3-1-2-4-8(12)10(14)6-5-9(7)13/h7-10H,1-6H2. The Morgan fingerprint density at radius 2 is 0.786 bits per heavy atom. The first-order chi connectivity index (χ1) is 6.61. The predicted molar refractivity (Wildman–Crippen MR) is 78.6 cm³/mol. The van der Waals surface area contributed by atoms with E-state index in [0.717, 1.165) is 0 Å². The summed E-state index contributed by atoms with van der Waals surface area (Å²) in [6, 6.07) is 0. The van der Waals surface area contributed by atoms with Gasteiger partial charge in [0, 0.05) is 19.3 Å². The molecule has 14 heavy (non-hydrogen) atoms. The maximum Gasteiger partial charge on any atom is 0.0271 e. The van der Waals surface area contributed by atoms with Gasteiger partial charge in [-0.25, -0.2) is 0 Å². The third-order valence-electron chi connectivity index (χ3n) is 2.71. The largest absolute Gasteiger partial charge is 0.0879 e. The first-order valence-electron chi connectivity index (χ1n) is 5.17. The van der Waals surface area contributed by atoms with Crippen LogP contribution in [0.4, 0.5) is 0 Å². The Bertz CT molecular complexity index is 144. The maximum atomic E-state index is 3.76. The number of hydrogen-bond donors (Lipinski definition) is 0. The van der Waals surface area contributed by atoms with Crippen LogP contribution in [0.3, 0.4) is 0 Å². The van der Waals surface area contributed by atoms with Gasteiger partial charge in [0.15, 0.2) is 0 Å². The molecule has 0 N–H and O–H groups in total. The number of hydrogen-bond acceptors (Lipinski definition) is 0. The molecule has 0 aromatic carbocycles. The van der Waals surface area contributed by atoms with Gasteiger partial charge in [0.1, 0.15) is 0 Å². The van der Waals surface area contributed by atoms with E-state index in [1.165, 1.54) is 38.5 Å². The Hall–Kier alpha value is 1.92. The Morgan fingerprint density at radius 3 is 1.14 bits per heavy atom. The SMILES string of the molecule is BrC1CCCCC(Br)C(Br)CCC1Br. The Kier molecular flexibility index (Phi) is 7.28. The van der Waals surface area contributed by atoms with Gasteiger partial charge in [0.05, 0.1) is 0 Å². The lowest BCUT2D eigenvalue weighted by Crippen LogP contribution is -2.21. The van der Waals surface area contributed by atoms with Crippen molar-refractivity contribution in [3.63, 3.8) is 0 Å². The van der Waals surface area contributed by atoms with E-state index in [1.807, 2.05) is 0 Å². The van der Waals surface area contributed by atoms with Crippen LogP contribution in [0.5, 0.6) is 0 Å². The first kappa shape index (κ1) is 14.0. The van der Waals surface area contributed by atoms with Crippen LogP contribution in [-0.4, -0.2) is 19.3 Å². The molecule has 0 radical (unpaired) electrons. The summed E-state index contributed by atoms with van der Waals surface area (Å²) in [6.45, 7) is 0. The van der Waals surface area contributed by atoms with E-state index >= 15 is 0 Å². The van der Waals surface area contributed by atoms with Crippen LogP contribution in [0.25, 0.3) is 0 Å². The lowest BCUT2D eigenvalue weighted by molar-refractivity contribution is 0.545. The second-order valence-corrected chi connectivity index (χ2v) is 8.63. The lowest BCUT2D eigenvalue weighted by Gasteiger charge is -2.23. The highest BCUT2D eigenvalue weighted by Gasteiger charge is 2.22. The molecule has 1 aliphatic rings. The summed E-state index contributed by atoms with van der Waals surface area (Å²) in [6.07, 6.45) is 7.74. The highest BCUT2D eigenvalue weighted by molar-refractivity contribution is 9.12. The monoisotopic (exact) mass is 452 g/mol. The van der Waals surface area contributed by atoms with E-state index in [2.05, 4.69) is 63.7 Å². The van der Waals surface area contributed by atoms with E-state index in [9.17, 15) is 0 Å². The molecule has 4 unspecified atom stereocenters. The molecule has 0 saturated heterocycles. The van der Waals surface area contributed by atoms with Crippen molar-refractivity contribution in [1.82, 2.24) is 0 Å². The third-order valence-corrected chi connectivity index (χ3v) is 8.52. The minimum Gasteiger partial charge on any atom is -0.0879 e. The lowest BCUT2D eigenvalue weighted by atomic mass is 10.0. The average Bonchev–Trinajstić information content (AvgIpc) is 2.18. The van der Waals surface area contributed by atoms with E-state index in [4.69, 9.17) is 0 Å². The second kappa shape index (κ2) is 7.29. The van der Waals surface area contributed by atoms with Crippen LogP contribution in [0.1, 0.15) is 38.5 Å². The fourth-order valence-electron chi connectivity index (χ4n) is 1.72. The molecule has 4 heteroatoms. The van der Waals surface area contributed by atoms with Gasteiger partial charge < -0.3 is 0 Å². The normalized spacial score (nSPS) is 42.0. The molecule has 1 fully saturated rings. The van der Waals surface area contributed by atoms with Crippen LogP contribution in [-0.2, 0) is 0 Å². The summed E-state index contributed by atoms with van der Waals surface area (Å²) < 4.78 is 0. The molecule has 0 amide bonds. The van der Waals surface area contributed by atoms with E-state index < -0.39 is 0 Å². The molecule has 84 valence electrons. The van der Waals surface area contributed by atoms with Gasteiger partial charge in [-0.3, -0.25) is 0 Å². The summed E-state index contributed by atoms with van der Waals surface area (Å²) in [5.74, 6) is 0. The van der Waals surface area contributed by atoms with Crippen molar-refractivity contribution in [2.45, 2.75) is 57.8 Å². The molecule has 1 saturated carbocycles. The van der Waals surface area contributed by atoms with Gasteiger partial charge in [0.2, 0.25) is 0 Å². The molecule has 0 aromatic rings. The van der Waals surface area contributed by atoms with Crippen molar-refractivity contribution in [2.75, 3.05) is 0 Å². The van der Waals surface area contributed by atoms with Crippen molar-refractivity contribution >= 4 is 63.7 Å². The fourth-order valence-corrected chi connectivity index (χ4v) is 3.95. The number of halogens is 4. The molecule has 4 atom stereocenters. The second-order valence-electron chi connectivity index (χ2n) is 3.93. The van der Waals surface area contributed by atoms with Gasteiger partial charge in [-0.05, 0) is 25.7 Å². The summed E-state index contributed by atoms with van der Waals surface area (Å²) in [5.41, 5.74) is 0. The molecule has 0 bridgehead atoms. The van der Waals surface area contributed by atoms with Gasteiger partial charge in [-0.2, -0.15) is 0 Å². The van der Waals surface area contributed by atoms with Crippen LogP contribution in [0.2, 0.25) is 0 Å². The van der Waals surface area contributed by atoms with Crippen molar-refractivity contribution in [3.05, 3.63) is 0 Å². The zero-order valence-corrected chi connectivity index (χ0v) is 14.4. The molecule has 0 nitrogen and oxygen atoms in total. The third kappa shape index (κ3) is 4.84. The van der Waals surface area contributed by atoms with Crippen LogP contribution in [0, 0.1) is 0 Å². The zero-order valence-electron chi connectivity index (χ0n) is 8.06. The smallest absolute Gasteiger partial charge is 0.0271 e. The van der Waals surface area contributed by atoms with E-state index in [1.54, 1.807) is 0 Å². The summed E-state index contributed by atoms with van der Waals surface area (Å²) in [5, 5.41) is 0. The first-order valence-corrected chi connectivity index (χ1v) is 8.84. The van der Waals surface area contributed by atoms with E-state index in [-0.39, 0.29) is 0 Å². The Labute approximate surface area is 120 Å². The number of rotatable bonds is 0. The molecule has 0 aliphatic heterocycles. The topological polar surface area (TPSA) is 0 Å². The zero-order chi connectivity index (χ0) is 10.6. The number of alkyl halides is 4. The van der Waals surface area contributed by atoms with Gasteiger partial charge >= 0.3 is 0 Å². The quantitative estimate of drug-likeness (QED) is 0.429. The highest BCUT2D eigenvalue weighted by Crippen LogP contribution is 2.31. The molecule has 1 rings (SSSR count). The predicted octanol–water partition coefficient (Wildman–Crippen LogP) is 5.39. The molecule has 1 aliphatic carbocycles. The van der Waals surface area contributed by atoms with Gasteiger partial charge in [-0.1, -0.05) is 76.6 Å². The summed E-state index contributed by atoms with van der Waals surface area (Å²) >= 11 is 15.0. The minimum atomic E-state index is 0.625. The van der Waals surface area contributed by atoms with Crippen LogP contribution in [0.15, 0.2) is 0 Å². The minimum absolute atomic E-state index is 0.625. The molecular formula is C10H16Br4. The van der Waals surface area contributed by atoms with Crippen molar-refractivity contribution in [1.29, 1.82) is 0 Å². The average molecular weight is 456 g/mol. The van der Waals surface area contributed by atoms with Crippen molar-refractivity contribution < 1.29 is 0 Å². The fraction of sp³-hybridized carbons (Fsp3) is 1.00. The van der Waals surface area contributed by atoms with Crippen LogP contribution < -0.4 is 0 Å². The molecule has 0 heterocycles. The van der Waals surface area contributed by atoms with Gasteiger partial charge in [0.25, 0.3) is 0 Å². The summed E-state index contributed by atoms with van der Waals surface area (Å²) in [7, 11) is 0. The maximum absolute atomic E-state index is 3.76. The van der Waals surface area contributed by atoms with Crippen LogP contribution >= 0.6 is 63.7 Å². The van der Waals surface area contributed by atoms with Crippen molar-refractivity contribution in [2.24, 2.45) is 0 Å². The van der Waals surface area contributed by atoms with E-state index in [0.29, 0.717) is 19.3 Å².